The van der Waals surface area contributed by atoms with Crippen LogP contribution in [0.15, 0.2) is 0 Å². The zero-order valence-electron chi connectivity index (χ0n) is 8.06. The minimum Gasteiger partial charge on any atom is -0.480 e. The van der Waals surface area contributed by atoms with Crippen molar-refractivity contribution >= 4 is 11.9 Å². The molecule has 6 heteroatoms. The summed E-state index contributed by atoms with van der Waals surface area (Å²) in [6.07, 6.45) is 0.713. The summed E-state index contributed by atoms with van der Waals surface area (Å²) < 4.78 is 0. The largest absolute Gasteiger partial charge is 0.480 e. The second-order valence-electron chi connectivity index (χ2n) is 3.01. The van der Waals surface area contributed by atoms with Gasteiger partial charge in [0.2, 0.25) is 5.91 Å². The van der Waals surface area contributed by atoms with Crippen molar-refractivity contribution in [3.05, 3.63) is 0 Å². The van der Waals surface area contributed by atoms with Gasteiger partial charge in [0.1, 0.15) is 6.04 Å². The van der Waals surface area contributed by atoms with E-state index < -0.39 is 24.5 Å². The second-order valence-corrected chi connectivity index (χ2v) is 3.01. The number of carboxylic acids is 1. The molecule has 0 aliphatic carbocycles. The summed E-state index contributed by atoms with van der Waals surface area (Å²) in [5.74, 6) is -1.72. The van der Waals surface area contributed by atoms with Crippen LogP contribution >= 0.6 is 0 Å². The summed E-state index contributed by atoms with van der Waals surface area (Å²) in [6.45, 7) is 1.21. The number of aliphatic carboxylic acids is 1. The first kappa shape index (κ1) is 12.9. The number of carboxylic acid groups (broad SMARTS) is 1. The number of nitrogens with two attached hydrogens (primary N) is 1. The molecule has 0 aliphatic rings. The van der Waals surface area contributed by atoms with Crippen molar-refractivity contribution in [2.24, 2.45) is 5.73 Å². The Labute approximate surface area is 82.1 Å². The third-order valence-corrected chi connectivity index (χ3v) is 1.79. The minimum atomic E-state index is -1.26. The van der Waals surface area contributed by atoms with Crippen molar-refractivity contribution in [3.63, 3.8) is 0 Å². The Kier molecular flexibility index (Phi) is 5.82. The van der Waals surface area contributed by atoms with E-state index >= 15 is 0 Å². The second kappa shape index (κ2) is 6.33. The number of hydrogen-bond donors (Lipinski definition) is 4. The molecule has 0 aromatic carbocycles. The number of hydrogen-bond acceptors (Lipinski definition) is 4. The molecule has 0 aromatic heterocycles. The van der Waals surface area contributed by atoms with Gasteiger partial charge in [-0.1, -0.05) is 6.92 Å². The number of rotatable bonds is 6. The van der Waals surface area contributed by atoms with E-state index in [1.807, 2.05) is 6.92 Å². The van der Waals surface area contributed by atoms with E-state index in [2.05, 4.69) is 5.32 Å². The van der Waals surface area contributed by atoms with Gasteiger partial charge in [0, 0.05) is 12.5 Å². The van der Waals surface area contributed by atoms with Crippen LogP contribution in [0.1, 0.15) is 19.8 Å². The lowest BCUT2D eigenvalue weighted by Crippen LogP contribution is -2.44. The molecule has 0 rings (SSSR count). The van der Waals surface area contributed by atoms with Crippen molar-refractivity contribution in [3.8, 4) is 0 Å². The summed E-state index contributed by atoms with van der Waals surface area (Å²) >= 11 is 0. The van der Waals surface area contributed by atoms with Crippen LogP contribution in [0, 0.1) is 0 Å². The molecule has 2 atom stereocenters. The van der Waals surface area contributed by atoms with Crippen LogP contribution in [0.4, 0.5) is 0 Å². The Balaban J connectivity index is 3.97. The molecule has 0 fully saturated rings. The lowest BCUT2D eigenvalue weighted by molar-refractivity contribution is -0.143. The first-order valence-corrected chi connectivity index (χ1v) is 4.39. The predicted molar refractivity (Wildman–Crippen MR) is 49.5 cm³/mol. The number of amides is 1. The van der Waals surface area contributed by atoms with Gasteiger partial charge in [0.25, 0.3) is 0 Å². The van der Waals surface area contributed by atoms with E-state index in [1.165, 1.54) is 0 Å². The lowest BCUT2D eigenvalue weighted by atomic mass is 10.1. The molecule has 0 saturated carbocycles. The topological polar surface area (TPSA) is 113 Å². The monoisotopic (exact) mass is 204 g/mol. The maximum atomic E-state index is 11.1. The molecule has 0 saturated heterocycles. The highest BCUT2D eigenvalue weighted by atomic mass is 16.4. The first-order valence-electron chi connectivity index (χ1n) is 4.39. The summed E-state index contributed by atoms with van der Waals surface area (Å²) in [6, 6.07) is -1.52. The normalized spacial score (nSPS) is 14.5. The molecule has 0 radical (unpaired) electrons. The van der Waals surface area contributed by atoms with Crippen molar-refractivity contribution in [2.75, 3.05) is 6.61 Å². The van der Waals surface area contributed by atoms with E-state index in [0.717, 1.165) is 0 Å². The minimum absolute atomic E-state index is 0.0697. The molecule has 6 nitrogen and oxygen atoms in total. The Bertz CT molecular complexity index is 208. The highest BCUT2D eigenvalue weighted by Gasteiger charge is 2.19. The van der Waals surface area contributed by atoms with Gasteiger partial charge < -0.3 is 21.3 Å². The van der Waals surface area contributed by atoms with Crippen molar-refractivity contribution in [1.82, 2.24) is 5.32 Å². The van der Waals surface area contributed by atoms with Crippen LogP contribution < -0.4 is 11.1 Å². The smallest absolute Gasteiger partial charge is 0.328 e. The summed E-state index contributed by atoms with van der Waals surface area (Å²) in [4.78, 5) is 21.5. The molecule has 0 spiro atoms. The average molecular weight is 204 g/mol. The van der Waals surface area contributed by atoms with E-state index in [0.29, 0.717) is 6.42 Å². The molecule has 0 aromatic rings. The van der Waals surface area contributed by atoms with Gasteiger partial charge in [0.05, 0.1) is 6.61 Å². The number of aliphatic hydroxyl groups excluding tert-OH is 1. The molecule has 0 aliphatic heterocycles. The molecule has 1 amide bonds. The zero-order chi connectivity index (χ0) is 11.1. The maximum absolute atomic E-state index is 11.1. The molecule has 82 valence electrons. The third-order valence-electron chi connectivity index (χ3n) is 1.79. The standard InChI is InChI=1S/C8H16N2O4/c1-2-5(9)3-7(12)10-6(4-11)8(13)14/h5-6,11H,2-4,9H2,1H3,(H,10,12)(H,13,14)/t5?,6-/m1/s1. The highest BCUT2D eigenvalue weighted by Crippen LogP contribution is 1.94. The highest BCUT2D eigenvalue weighted by molar-refractivity contribution is 5.83. The van der Waals surface area contributed by atoms with Crippen LogP contribution in [0.3, 0.4) is 0 Å². The molecular formula is C8H16N2O4. The molecule has 14 heavy (non-hydrogen) atoms. The lowest BCUT2D eigenvalue weighted by Gasteiger charge is -2.13. The van der Waals surface area contributed by atoms with Crippen molar-refractivity contribution in [1.29, 1.82) is 0 Å². The van der Waals surface area contributed by atoms with Gasteiger partial charge in [-0.05, 0) is 6.42 Å². The van der Waals surface area contributed by atoms with E-state index in [-0.39, 0.29) is 12.5 Å². The Morgan fingerprint density at radius 3 is 2.43 bits per heavy atom. The van der Waals surface area contributed by atoms with E-state index in [9.17, 15) is 9.59 Å². The summed E-state index contributed by atoms with van der Waals surface area (Å²) in [7, 11) is 0. The van der Waals surface area contributed by atoms with Crippen LogP contribution in [0.5, 0.6) is 0 Å². The van der Waals surface area contributed by atoms with Gasteiger partial charge in [-0.15, -0.1) is 0 Å². The van der Waals surface area contributed by atoms with Crippen LogP contribution in [-0.2, 0) is 9.59 Å². The SMILES string of the molecule is CCC(N)CC(=O)N[C@H](CO)C(=O)O. The predicted octanol–water partition coefficient (Wildman–Crippen LogP) is -1.32. The number of carbonyl (C=O) groups is 2. The molecule has 1 unspecified atom stereocenters. The average Bonchev–Trinajstić information content (AvgIpc) is 2.13. The van der Waals surface area contributed by atoms with Crippen LogP contribution in [-0.4, -0.2) is 40.8 Å². The van der Waals surface area contributed by atoms with Gasteiger partial charge in [-0.25, -0.2) is 4.79 Å². The fourth-order valence-corrected chi connectivity index (χ4v) is 0.821. The fraction of sp³-hybridized carbons (Fsp3) is 0.750. The van der Waals surface area contributed by atoms with E-state index in [4.69, 9.17) is 15.9 Å². The molecule has 0 heterocycles. The van der Waals surface area contributed by atoms with E-state index in [1.54, 1.807) is 0 Å². The molecule has 0 bridgehead atoms. The fourth-order valence-electron chi connectivity index (χ4n) is 0.821. The van der Waals surface area contributed by atoms with Gasteiger partial charge >= 0.3 is 5.97 Å². The van der Waals surface area contributed by atoms with Gasteiger partial charge in [-0.2, -0.15) is 0 Å². The van der Waals surface area contributed by atoms with Crippen LogP contribution in [0.2, 0.25) is 0 Å². The van der Waals surface area contributed by atoms with Crippen molar-refractivity contribution in [2.45, 2.75) is 31.8 Å². The first-order chi connectivity index (χ1) is 6.51. The molecular weight excluding hydrogens is 188 g/mol. The molecule has 5 N–H and O–H groups in total. The summed E-state index contributed by atoms with van der Waals surface area (Å²) in [5, 5.41) is 19.3. The van der Waals surface area contributed by atoms with Crippen molar-refractivity contribution < 1.29 is 19.8 Å². The van der Waals surface area contributed by atoms with Gasteiger partial charge in [-0.3, -0.25) is 4.79 Å². The third kappa shape index (κ3) is 4.78. The van der Waals surface area contributed by atoms with Gasteiger partial charge in [0.15, 0.2) is 0 Å². The number of carbonyl (C=O) groups excluding carboxylic acids is 1. The maximum Gasteiger partial charge on any atom is 0.328 e. The Morgan fingerprint density at radius 1 is 1.50 bits per heavy atom. The number of nitrogens with one attached hydrogen (secondary N) is 1. The van der Waals surface area contributed by atoms with Crippen LogP contribution in [0.25, 0.3) is 0 Å². The Morgan fingerprint density at radius 2 is 2.07 bits per heavy atom. The quantitative estimate of drug-likeness (QED) is 0.428. The Hall–Kier alpha value is -1.14. The number of aliphatic hydroxyl groups is 1. The summed E-state index contributed by atoms with van der Waals surface area (Å²) in [5.41, 5.74) is 5.50. The zero-order valence-corrected chi connectivity index (χ0v) is 8.06.